The van der Waals surface area contributed by atoms with Crippen LogP contribution in [0.15, 0.2) is 217 Å². The highest BCUT2D eigenvalue weighted by atomic mass is 16.3. The minimum absolute atomic E-state index is 0.586. The lowest BCUT2D eigenvalue weighted by Crippen LogP contribution is -2.28. The van der Waals surface area contributed by atoms with Gasteiger partial charge in [-0.15, -0.1) is 0 Å². The minimum atomic E-state index is -0.740. The molecule has 0 N–H and O–H groups in total. The third-order valence-electron chi connectivity index (χ3n) is 12.2. The molecule has 0 spiro atoms. The van der Waals surface area contributed by atoms with Gasteiger partial charge in [-0.3, -0.25) is 0 Å². The van der Waals surface area contributed by atoms with E-state index in [1.807, 2.05) is 36.4 Å². The molecule has 4 nitrogen and oxygen atoms in total. The van der Waals surface area contributed by atoms with Crippen molar-refractivity contribution in [1.29, 1.82) is 5.26 Å². The van der Waals surface area contributed by atoms with E-state index in [0.29, 0.717) is 11.3 Å². The molecule has 284 valence electrons. The van der Waals surface area contributed by atoms with Gasteiger partial charge in [-0.2, -0.15) is 5.26 Å². The van der Waals surface area contributed by atoms with E-state index in [1.54, 1.807) is 0 Å². The van der Waals surface area contributed by atoms with Crippen LogP contribution in [0.4, 0.5) is 22.7 Å². The summed E-state index contributed by atoms with van der Waals surface area (Å²) in [6, 6.07) is 76.3. The molecule has 1 atom stereocenters. The van der Waals surface area contributed by atoms with Crippen LogP contribution in [0, 0.1) is 17.9 Å². The maximum Gasteiger partial charge on any atom is 0.187 e. The summed E-state index contributed by atoms with van der Waals surface area (Å²) in [7, 11) is 0. The number of rotatable bonds is 7. The van der Waals surface area contributed by atoms with Crippen LogP contribution in [0.3, 0.4) is 0 Å². The van der Waals surface area contributed by atoms with Gasteiger partial charge in [-0.05, 0) is 93.0 Å². The van der Waals surface area contributed by atoms with Crippen molar-refractivity contribution >= 4 is 44.7 Å². The fourth-order valence-corrected chi connectivity index (χ4v) is 9.50. The Morgan fingerprint density at radius 1 is 0.492 bits per heavy atom. The SMILES string of the molecule is [C-]#[N+]c1ccc(C2(c3ccc(C#N)cc3)c3ccccc3-c3ccc(N(c4ccc(-c5cccc6c5oc5ccccc56)cc4)c4ccccc4-c4ccccc4)cc32)cc1. The molecule has 0 fully saturated rings. The summed E-state index contributed by atoms with van der Waals surface area (Å²) in [4.78, 5) is 6.10. The molecular formula is C57H35N3O. The van der Waals surface area contributed by atoms with Gasteiger partial charge in [-0.25, -0.2) is 4.85 Å². The third-order valence-corrected chi connectivity index (χ3v) is 12.2. The topological polar surface area (TPSA) is 44.5 Å². The summed E-state index contributed by atoms with van der Waals surface area (Å²) in [6.07, 6.45) is 0. The van der Waals surface area contributed by atoms with Crippen LogP contribution in [-0.2, 0) is 5.41 Å². The van der Waals surface area contributed by atoms with Crippen molar-refractivity contribution < 1.29 is 4.42 Å². The first kappa shape index (κ1) is 35.7. The summed E-state index contributed by atoms with van der Waals surface area (Å²) >= 11 is 0. The molecule has 0 saturated heterocycles. The fourth-order valence-electron chi connectivity index (χ4n) is 9.50. The first-order valence-electron chi connectivity index (χ1n) is 20.3. The number of hydrogen-bond acceptors (Lipinski definition) is 3. The van der Waals surface area contributed by atoms with Gasteiger partial charge in [0, 0.05) is 33.3 Å². The first-order valence-corrected chi connectivity index (χ1v) is 20.3. The van der Waals surface area contributed by atoms with Crippen LogP contribution in [0.25, 0.3) is 60.2 Å². The summed E-state index contributed by atoms with van der Waals surface area (Å²) in [5.41, 5.74) is 16.3. The Morgan fingerprint density at radius 3 is 1.87 bits per heavy atom. The monoisotopic (exact) mass is 777 g/mol. The van der Waals surface area contributed by atoms with Gasteiger partial charge in [-0.1, -0.05) is 164 Å². The van der Waals surface area contributed by atoms with Gasteiger partial charge in [0.05, 0.1) is 29.3 Å². The highest BCUT2D eigenvalue weighted by Crippen LogP contribution is 2.57. The van der Waals surface area contributed by atoms with E-state index in [9.17, 15) is 5.26 Å². The molecule has 1 aliphatic rings. The molecule has 4 heteroatoms. The van der Waals surface area contributed by atoms with Crippen molar-refractivity contribution in [2.45, 2.75) is 5.41 Å². The number of hydrogen-bond donors (Lipinski definition) is 0. The van der Waals surface area contributed by atoms with Crippen molar-refractivity contribution in [1.82, 2.24) is 0 Å². The second kappa shape index (κ2) is 14.4. The molecule has 10 aromatic rings. The van der Waals surface area contributed by atoms with Gasteiger partial charge in [0.25, 0.3) is 0 Å². The molecule has 1 aliphatic carbocycles. The third kappa shape index (κ3) is 5.66. The van der Waals surface area contributed by atoms with Crippen molar-refractivity contribution in [2.24, 2.45) is 0 Å². The number of fused-ring (bicyclic) bond motifs is 6. The number of benzene rings is 9. The van der Waals surface area contributed by atoms with E-state index in [1.165, 1.54) is 0 Å². The normalized spacial score (nSPS) is 13.9. The molecule has 1 heterocycles. The molecule has 61 heavy (non-hydrogen) atoms. The van der Waals surface area contributed by atoms with Crippen LogP contribution < -0.4 is 4.90 Å². The largest absolute Gasteiger partial charge is 0.455 e. The Bertz CT molecular complexity index is 3310. The number of nitriles is 1. The molecular weight excluding hydrogens is 743 g/mol. The van der Waals surface area contributed by atoms with E-state index in [4.69, 9.17) is 11.0 Å². The molecule has 0 amide bonds. The zero-order chi connectivity index (χ0) is 40.9. The van der Waals surface area contributed by atoms with Crippen molar-refractivity contribution in [2.75, 3.05) is 4.90 Å². The quantitative estimate of drug-likeness (QED) is 0.151. The fraction of sp³-hybridized carbons (Fsp3) is 0.0175. The van der Waals surface area contributed by atoms with Crippen LogP contribution >= 0.6 is 0 Å². The molecule has 9 aromatic carbocycles. The lowest BCUT2D eigenvalue weighted by Gasteiger charge is -2.35. The average Bonchev–Trinajstić information content (AvgIpc) is 3.86. The van der Waals surface area contributed by atoms with Crippen LogP contribution in [0.2, 0.25) is 0 Å². The zero-order valence-corrected chi connectivity index (χ0v) is 33.0. The van der Waals surface area contributed by atoms with E-state index in [-0.39, 0.29) is 0 Å². The Labute approximate surface area is 354 Å². The Hall–Kier alpha value is -8.44. The summed E-state index contributed by atoms with van der Waals surface area (Å²) in [5.74, 6) is 0. The molecule has 0 bridgehead atoms. The van der Waals surface area contributed by atoms with E-state index in [0.717, 1.165) is 94.6 Å². The summed E-state index contributed by atoms with van der Waals surface area (Å²) in [6.45, 7) is 7.74. The zero-order valence-electron chi connectivity index (χ0n) is 33.0. The molecule has 1 aromatic heterocycles. The maximum atomic E-state index is 9.84. The molecule has 0 radical (unpaired) electrons. The van der Waals surface area contributed by atoms with Crippen molar-refractivity contribution in [3.63, 3.8) is 0 Å². The van der Waals surface area contributed by atoms with E-state index >= 15 is 0 Å². The predicted molar refractivity (Wildman–Crippen MR) is 248 cm³/mol. The summed E-state index contributed by atoms with van der Waals surface area (Å²) < 4.78 is 6.47. The predicted octanol–water partition coefficient (Wildman–Crippen LogP) is 15.2. The molecule has 1 unspecified atom stereocenters. The van der Waals surface area contributed by atoms with Crippen LogP contribution in [0.5, 0.6) is 0 Å². The van der Waals surface area contributed by atoms with Gasteiger partial charge < -0.3 is 9.32 Å². The number of para-hydroxylation sites is 3. The van der Waals surface area contributed by atoms with Crippen LogP contribution in [-0.4, -0.2) is 0 Å². The summed E-state index contributed by atoms with van der Waals surface area (Å²) in [5, 5.41) is 12.0. The number of nitrogens with zero attached hydrogens (tertiary/aromatic N) is 3. The van der Waals surface area contributed by atoms with Crippen LogP contribution in [0.1, 0.15) is 27.8 Å². The second-order valence-corrected chi connectivity index (χ2v) is 15.4. The van der Waals surface area contributed by atoms with Gasteiger partial charge in [0.1, 0.15) is 11.2 Å². The minimum Gasteiger partial charge on any atom is -0.455 e. The Balaban J connectivity index is 1.14. The first-order chi connectivity index (χ1) is 30.1. The highest BCUT2D eigenvalue weighted by Gasteiger charge is 2.46. The number of anilines is 3. The highest BCUT2D eigenvalue weighted by molar-refractivity contribution is 6.09. The molecule has 0 aliphatic heterocycles. The Morgan fingerprint density at radius 2 is 1.10 bits per heavy atom. The smallest absolute Gasteiger partial charge is 0.187 e. The van der Waals surface area contributed by atoms with Gasteiger partial charge >= 0.3 is 0 Å². The van der Waals surface area contributed by atoms with E-state index in [2.05, 4.69) is 192 Å². The van der Waals surface area contributed by atoms with Crippen molar-refractivity contribution in [3.8, 4) is 39.4 Å². The second-order valence-electron chi connectivity index (χ2n) is 15.4. The van der Waals surface area contributed by atoms with E-state index < -0.39 is 5.41 Å². The lowest BCUT2D eigenvalue weighted by molar-refractivity contribution is 0.670. The van der Waals surface area contributed by atoms with Gasteiger partial charge in [0.15, 0.2) is 5.69 Å². The lowest BCUT2D eigenvalue weighted by atomic mass is 9.67. The molecule has 11 rings (SSSR count). The average molecular weight is 778 g/mol. The van der Waals surface area contributed by atoms with Gasteiger partial charge in [0.2, 0.25) is 0 Å². The maximum absolute atomic E-state index is 9.84. The Kier molecular flexibility index (Phi) is 8.45. The standard InChI is InChI=1S/C57H35N3O/c1-59-43-30-28-42(29-31-43)57(41-26-22-38(37-58)23-27-41)52-19-8-5-15-48(52)49-35-34-45(36-53(49)57)60(54-20-9-6-14-46(54)39-12-3-2-4-13-39)44-32-24-40(25-33-44)47-17-11-18-51-50-16-7-10-21-55(50)61-56(47)51/h2-36H. The molecule has 0 saturated carbocycles. The van der Waals surface area contributed by atoms with Crippen molar-refractivity contribution in [3.05, 3.63) is 252 Å². The number of furan rings is 1.